The molecule has 1 saturated heterocycles. The maximum atomic E-state index is 15.1. The first-order valence-corrected chi connectivity index (χ1v) is 9.45. The number of halogens is 1. The van der Waals surface area contributed by atoms with Crippen LogP contribution in [-0.2, 0) is 15.1 Å². The van der Waals surface area contributed by atoms with Gasteiger partial charge in [-0.1, -0.05) is 6.07 Å². The molecule has 0 bridgehead atoms. The van der Waals surface area contributed by atoms with E-state index in [9.17, 15) is 9.59 Å². The number of nitrogens with zero attached hydrogens (tertiary/aromatic N) is 4. The molecule has 0 aliphatic carbocycles. The van der Waals surface area contributed by atoms with E-state index in [1.54, 1.807) is 12.1 Å². The zero-order valence-electron chi connectivity index (χ0n) is 14.8. The summed E-state index contributed by atoms with van der Waals surface area (Å²) in [4.78, 5) is 24.5. The Bertz CT molecular complexity index is 964. The summed E-state index contributed by atoms with van der Waals surface area (Å²) in [6, 6.07) is 6.33. The Morgan fingerprint density at radius 3 is 2.96 bits per heavy atom. The molecule has 0 saturated carbocycles. The molecule has 2 amide bonds. The fourth-order valence-electron chi connectivity index (χ4n) is 3.20. The van der Waals surface area contributed by atoms with Gasteiger partial charge in [0.15, 0.2) is 5.54 Å². The van der Waals surface area contributed by atoms with E-state index in [0.29, 0.717) is 11.3 Å². The second kappa shape index (κ2) is 7.12. The molecule has 8 nitrogen and oxygen atoms in total. The Morgan fingerprint density at radius 1 is 1.46 bits per heavy atom. The number of cyclic esters (lactones) is 1. The van der Waals surface area contributed by atoms with Crippen molar-refractivity contribution in [3.63, 3.8) is 0 Å². The van der Waals surface area contributed by atoms with Crippen molar-refractivity contribution in [1.29, 1.82) is 0 Å². The number of ether oxygens (including phenoxy) is 1. The molecule has 1 aromatic heterocycles. The van der Waals surface area contributed by atoms with E-state index in [2.05, 4.69) is 20.8 Å². The zero-order valence-corrected chi connectivity index (χ0v) is 15.6. The molecule has 1 N–H and O–H groups in total. The summed E-state index contributed by atoms with van der Waals surface area (Å²) in [5.74, 6) is -0.745. The molecule has 0 radical (unpaired) electrons. The van der Waals surface area contributed by atoms with Crippen molar-refractivity contribution in [3.05, 3.63) is 52.0 Å². The third-order valence-electron chi connectivity index (χ3n) is 4.59. The van der Waals surface area contributed by atoms with Crippen LogP contribution in [0.15, 0.2) is 50.5 Å². The lowest BCUT2D eigenvalue weighted by atomic mass is 9.86. The summed E-state index contributed by atoms with van der Waals surface area (Å²) in [6.45, 7) is 1.81. The quantitative estimate of drug-likeness (QED) is 0.834. The van der Waals surface area contributed by atoms with E-state index in [1.165, 1.54) is 35.4 Å². The Kier molecular flexibility index (Phi) is 4.63. The van der Waals surface area contributed by atoms with Crippen molar-refractivity contribution in [3.8, 4) is 0 Å². The highest BCUT2D eigenvalue weighted by Gasteiger charge is 2.39. The lowest BCUT2D eigenvalue weighted by Gasteiger charge is -2.22. The highest BCUT2D eigenvalue weighted by Crippen LogP contribution is 2.39. The number of benzene rings is 1. The van der Waals surface area contributed by atoms with Crippen LogP contribution in [0.4, 0.5) is 14.9 Å². The maximum Gasteiger partial charge on any atom is 0.414 e. The monoisotopic (exact) mass is 401 g/mol. The molecule has 4 rings (SSSR count). The minimum Gasteiger partial charge on any atom is -0.442 e. The molecule has 1 fully saturated rings. The van der Waals surface area contributed by atoms with E-state index >= 15 is 4.39 Å². The largest absolute Gasteiger partial charge is 0.442 e. The van der Waals surface area contributed by atoms with Gasteiger partial charge in [0, 0.05) is 18.1 Å². The number of carbonyl (C=O) groups is 2. The second-order valence-corrected chi connectivity index (χ2v) is 7.21. The predicted octanol–water partition coefficient (Wildman–Crippen LogP) is 3.04. The van der Waals surface area contributed by atoms with Crippen LogP contribution in [-0.4, -0.2) is 37.4 Å². The molecule has 2 aliphatic heterocycles. The molecule has 2 aromatic rings. The van der Waals surface area contributed by atoms with Gasteiger partial charge in [-0.3, -0.25) is 9.69 Å². The van der Waals surface area contributed by atoms with Crippen molar-refractivity contribution in [2.75, 3.05) is 18.0 Å². The summed E-state index contributed by atoms with van der Waals surface area (Å²) < 4.78 is 20.3. The fraction of sp³-hybridized carbons (Fsp3) is 0.278. The van der Waals surface area contributed by atoms with Gasteiger partial charge in [0.1, 0.15) is 11.9 Å². The van der Waals surface area contributed by atoms with Crippen LogP contribution in [0.3, 0.4) is 0 Å². The summed E-state index contributed by atoms with van der Waals surface area (Å²) in [5, 5.41) is 18.0. The number of thiophene rings is 1. The van der Waals surface area contributed by atoms with E-state index in [1.807, 2.05) is 16.8 Å². The topological polar surface area (TPSA) is 95.7 Å². The van der Waals surface area contributed by atoms with Crippen LogP contribution in [0.1, 0.15) is 18.1 Å². The molecule has 2 atom stereocenters. The Hall–Kier alpha value is -3.14. The Morgan fingerprint density at radius 2 is 2.32 bits per heavy atom. The Balaban J connectivity index is 1.60. The molecule has 28 heavy (non-hydrogen) atoms. The maximum absolute atomic E-state index is 15.1. The van der Waals surface area contributed by atoms with Gasteiger partial charge in [0.2, 0.25) is 5.91 Å². The van der Waals surface area contributed by atoms with E-state index in [-0.39, 0.29) is 19.0 Å². The van der Waals surface area contributed by atoms with Crippen molar-refractivity contribution < 1.29 is 18.7 Å². The highest BCUT2D eigenvalue weighted by atomic mass is 32.1. The van der Waals surface area contributed by atoms with Crippen LogP contribution in [0.2, 0.25) is 0 Å². The number of hydrogen-bond donors (Lipinski definition) is 1. The van der Waals surface area contributed by atoms with Gasteiger partial charge in [-0.2, -0.15) is 11.3 Å². The molecule has 3 heterocycles. The first kappa shape index (κ1) is 18.2. The minimum absolute atomic E-state index is 0.205. The predicted molar refractivity (Wildman–Crippen MR) is 101 cm³/mol. The van der Waals surface area contributed by atoms with E-state index < -0.39 is 23.6 Å². The van der Waals surface area contributed by atoms with Crippen molar-refractivity contribution in [2.45, 2.75) is 18.6 Å². The van der Waals surface area contributed by atoms with Crippen molar-refractivity contribution >= 4 is 35.2 Å². The van der Waals surface area contributed by atoms with Crippen molar-refractivity contribution in [1.82, 2.24) is 5.32 Å². The number of hydrogen-bond acceptors (Lipinski definition) is 7. The molecular formula is C18H16FN5O3S. The molecular weight excluding hydrogens is 385 g/mol. The Labute approximate surface area is 163 Å². The first-order chi connectivity index (χ1) is 13.5. The molecule has 144 valence electrons. The van der Waals surface area contributed by atoms with Crippen LogP contribution in [0, 0.1) is 5.82 Å². The molecule has 2 unspecified atom stereocenters. The molecule has 0 spiro atoms. The molecule has 2 aliphatic rings. The fourth-order valence-corrected chi connectivity index (χ4v) is 3.91. The average Bonchev–Trinajstić information content (AvgIpc) is 3.41. The first-order valence-electron chi connectivity index (χ1n) is 8.51. The lowest BCUT2D eigenvalue weighted by Crippen LogP contribution is -2.33. The van der Waals surface area contributed by atoms with Crippen LogP contribution in [0.5, 0.6) is 0 Å². The van der Waals surface area contributed by atoms with Crippen molar-refractivity contribution in [2.24, 2.45) is 15.4 Å². The van der Waals surface area contributed by atoms with Gasteiger partial charge in [-0.25, -0.2) is 9.18 Å². The lowest BCUT2D eigenvalue weighted by molar-refractivity contribution is -0.119. The van der Waals surface area contributed by atoms with Gasteiger partial charge in [-0.15, -0.1) is 10.2 Å². The van der Waals surface area contributed by atoms with E-state index in [4.69, 9.17) is 4.74 Å². The van der Waals surface area contributed by atoms with Gasteiger partial charge < -0.3 is 10.1 Å². The third kappa shape index (κ3) is 3.15. The number of nitrogens with one attached hydrogen (secondary N) is 1. The van der Waals surface area contributed by atoms with Crippen LogP contribution in [0.25, 0.3) is 0 Å². The standard InChI is InChI=1S/C18H16FN5O3S/c1-11(25)20-7-14-8-24(17(26)27-14)13-2-3-15(16(19)6-13)18(10-21-23-22-18)12-4-5-28-9-12/h2-6,9-10,14H,7-8H2,1H3,(H,20,25). The number of anilines is 1. The minimum atomic E-state index is -1.11. The normalized spacial score (nSPS) is 23.3. The summed E-state index contributed by atoms with van der Waals surface area (Å²) in [7, 11) is 0. The zero-order chi connectivity index (χ0) is 19.7. The second-order valence-electron chi connectivity index (χ2n) is 6.43. The van der Waals surface area contributed by atoms with Gasteiger partial charge in [0.05, 0.1) is 25.0 Å². The highest BCUT2D eigenvalue weighted by molar-refractivity contribution is 7.08. The molecule has 1 aromatic carbocycles. The van der Waals surface area contributed by atoms with Crippen LogP contribution < -0.4 is 10.2 Å². The van der Waals surface area contributed by atoms with Gasteiger partial charge in [-0.05, 0) is 34.2 Å². The summed E-state index contributed by atoms with van der Waals surface area (Å²) in [6.07, 6.45) is 0.421. The summed E-state index contributed by atoms with van der Waals surface area (Å²) >= 11 is 1.47. The third-order valence-corrected chi connectivity index (χ3v) is 5.27. The van der Waals surface area contributed by atoms with E-state index in [0.717, 1.165) is 5.56 Å². The van der Waals surface area contributed by atoms with Gasteiger partial charge in [0.25, 0.3) is 0 Å². The number of amides is 2. The van der Waals surface area contributed by atoms with Gasteiger partial charge >= 0.3 is 6.09 Å². The summed E-state index contributed by atoms with van der Waals surface area (Å²) in [5.41, 5.74) is 0.318. The number of rotatable bonds is 5. The smallest absolute Gasteiger partial charge is 0.414 e. The van der Waals surface area contributed by atoms with Crippen LogP contribution >= 0.6 is 11.3 Å². The average molecular weight is 401 g/mol. The molecule has 10 heteroatoms. The number of carbonyl (C=O) groups excluding carboxylic acids is 2. The SMILES string of the molecule is CC(=O)NCC1CN(c2ccc(C3(c4ccsc4)C=NN=N3)c(F)c2)C(=O)O1.